The van der Waals surface area contributed by atoms with E-state index in [4.69, 9.17) is 14.2 Å². The maximum atomic E-state index is 12.8. The molecule has 0 aliphatic carbocycles. The molecule has 0 saturated heterocycles. The highest BCUT2D eigenvalue weighted by Crippen LogP contribution is 2.13. The van der Waals surface area contributed by atoms with Crippen LogP contribution in [0.3, 0.4) is 0 Å². The molecule has 0 rings (SSSR count). The first-order valence-corrected chi connectivity index (χ1v) is 27.1. The van der Waals surface area contributed by atoms with Crippen molar-refractivity contribution in [1.82, 2.24) is 0 Å². The Bertz CT molecular complexity index is 1270. The van der Waals surface area contributed by atoms with Crippen LogP contribution in [0, 0.1) is 0 Å². The maximum absolute atomic E-state index is 12.8. The second-order valence-electron chi connectivity index (χ2n) is 17.8. The molecule has 372 valence electrons. The predicted molar refractivity (Wildman–Crippen MR) is 279 cm³/mol. The lowest BCUT2D eigenvalue weighted by molar-refractivity contribution is -0.167. The van der Waals surface area contributed by atoms with Gasteiger partial charge in [0, 0.05) is 19.3 Å². The SMILES string of the molecule is CCCC/C=C\C/C=C\CCCCCCCC(=O)O[C@@H](COC(=O)CCCCC/C=C\C/C=C\C/C=C\C/C=C\CCCCC)COC(=O)CCCCCCC/C=C\CCCCCCC. The van der Waals surface area contributed by atoms with Gasteiger partial charge in [0.25, 0.3) is 0 Å². The molecule has 65 heavy (non-hydrogen) atoms. The zero-order chi connectivity index (χ0) is 47.2. The van der Waals surface area contributed by atoms with Crippen LogP contribution in [0.1, 0.15) is 252 Å². The normalized spacial score (nSPS) is 12.7. The Balaban J connectivity index is 4.47. The molecule has 0 radical (unpaired) electrons. The van der Waals surface area contributed by atoms with E-state index in [1.807, 2.05) is 0 Å². The minimum atomic E-state index is -0.800. The van der Waals surface area contributed by atoms with Crippen molar-refractivity contribution in [2.24, 2.45) is 0 Å². The molecular weight excluding hydrogens is 805 g/mol. The number of hydrogen-bond donors (Lipinski definition) is 0. The number of ether oxygens (including phenoxy) is 3. The summed E-state index contributed by atoms with van der Waals surface area (Å²) in [5, 5.41) is 0. The van der Waals surface area contributed by atoms with Gasteiger partial charge >= 0.3 is 17.9 Å². The third kappa shape index (κ3) is 51.4. The van der Waals surface area contributed by atoms with E-state index in [0.717, 1.165) is 116 Å². The van der Waals surface area contributed by atoms with Gasteiger partial charge in [-0.15, -0.1) is 0 Å². The Labute approximate surface area is 401 Å². The first-order chi connectivity index (χ1) is 32.0. The van der Waals surface area contributed by atoms with Crippen LogP contribution in [0.4, 0.5) is 0 Å². The number of carbonyl (C=O) groups is 3. The van der Waals surface area contributed by atoms with E-state index in [2.05, 4.69) is 106 Å². The van der Waals surface area contributed by atoms with E-state index in [1.54, 1.807) is 0 Å². The van der Waals surface area contributed by atoms with E-state index >= 15 is 0 Å². The first-order valence-electron chi connectivity index (χ1n) is 27.1. The Morgan fingerprint density at radius 1 is 0.308 bits per heavy atom. The summed E-state index contributed by atoms with van der Waals surface area (Å²) in [5.74, 6) is -0.950. The molecule has 0 heterocycles. The lowest BCUT2D eigenvalue weighted by Gasteiger charge is -2.18. The van der Waals surface area contributed by atoms with Crippen LogP contribution in [0.15, 0.2) is 85.1 Å². The monoisotopic (exact) mass is 905 g/mol. The lowest BCUT2D eigenvalue weighted by Crippen LogP contribution is -2.30. The molecule has 1 atom stereocenters. The number of unbranched alkanes of at least 4 members (excludes halogenated alkanes) is 23. The van der Waals surface area contributed by atoms with Gasteiger partial charge in [-0.1, -0.05) is 202 Å². The molecule has 0 spiro atoms. The van der Waals surface area contributed by atoms with Crippen LogP contribution in [-0.2, 0) is 28.6 Å². The predicted octanol–water partition coefficient (Wildman–Crippen LogP) is 18.0. The fourth-order valence-electron chi connectivity index (χ4n) is 7.20. The van der Waals surface area contributed by atoms with Crippen molar-refractivity contribution in [3.8, 4) is 0 Å². The molecule has 0 bridgehead atoms. The fraction of sp³-hybridized carbons (Fsp3) is 0.712. The Hall–Kier alpha value is -3.41. The van der Waals surface area contributed by atoms with E-state index < -0.39 is 6.10 Å². The van der Waals surface area contributed by atoms with Crippen LogP contribution >= 0.6 is 0 Å². The first kappa shape index (κ1) is 61.6. The van der Waals surface area contributed by atoms with Crippen molar-refractivity contribution in [3.05, 3.63) is 85.1 Å². The molecule has 0 saturated carbocycles. The van der Waals surface area contributed by atoms with E-state index in [9.17, 15) is 14.4 Å². The van der Waals surface area contributed by atoms with Crippen molar-refractivity contribution < 1.29 is 28.6 Å². The molecule has 0 fully saturated rings. The van der Waals surface area contributed by atoms with Crippen LogP contribution in [0.5, 0.6) is 0 Å². The van der Waals surface area contributed by atoms with Crippen molar-refractivity contribution in [2.75, 3.05) is 13.2 Å². The van der Waals surface area contributed by atoms with Crippen molar-refractivity contribution >= 4 is 17.9 Å². The number of carbonyl (C=O) groups excluding carboxylic acids is 3. The molecule has 0 N–H and O–H groups in total. The molecular formula is C59H100O6. The third-order valence-corrected chi connectivity index (χ3v) is 11.3. The molecule has 0 aliphatic heterocycles. The molecule has 0 unspecified atom stereocenters. The summed E-state index contributed by atoms with van der Waals surface area (Å²) in [6.07, 6.45) is 68.5. The van der Waals surface area contributed by atoms with E-state index in [-0.39, 0.29) is 31.1 Å². The Morgan fingerprint density at radius 2 is 0.569 bits per heavy atom. The average Bonchev–Trinajstić information content (AvgIpc) is 3.30. The summed E-state index contributed by atoms with van der Waals surface area (Å²) in [4.78, 5) is 38.0. The van der Waals surface area contributed by atoms with Crippen molar-refractivity contribution in [2.45, 2.75) is 258 Å². The average molecular weight is 905 g/mol. The lowest BCUT2D eigenvalue weighted by atomic mass is 10.1. The zero-order valence-corrected chi connectivity index (χ0v) is 42.5. The number of allylic oxidation sites excluding steroid dienone is 14. The van der Waals surface area contributed by atoms with Crippen molar-refractivity contribution in [1.29, 1.82) is 0 Å². The van der Waals surface area contributed by atoms with Gasteiger partial charge in [-0.25, -0.2) is 0 Å². The largest absolute Gasteiger partial charge is 0.462 e. The topological polar surface area (TPSA) is 78.9 Å². The van der Waals surface area contributed by atoms with Gasteiger partial charge in [0.15, 0.2) is 6.10 Å². The number of hydrogen-bond acceptors (Lipinski definition) is 6. The van der Waals surface area contributed by atoms with Crippen LogP contribution < -0.4 is 0 Å². The highest BCUT2D eigenvalue weighted by atomic mass is 16.6. The fourth-order valence-corrected chi connectivity index (χ4v) is 7.20. The summed E-state index contributed by atoms with van der Waals surface area (Å²) in [7, 11) is 0. The molecule has 0 aromatic heterocycles. The van der Waals surface area contributed by atoms with Gasteiger partial charge in [0.2, 0.25) is 0 Å². The summed E-state index contributed by atoms with van der Waals surface area (Å²) < 4.78 is 16.8. The standard InChI is InChI=1S/C59H100O6/c1-4-7-10-13-16-19-22-25-28-29-30-31-32-35-37-40-43-46-49-52-58(61)64-55-56(65-59(62)53-50-47-44-41-38-34-27-24-21-18-15-12-9-6-3)54-63-57(60)51-48-45-42-39-36-33-26-23-20-17-14-11-8-5-2/h15-16,18-19,23-28,30-31,35,37,56H,4-14,17,20-22,29,32-34,36,38-55H2,1-3H3/b18-15-,19-16-,26-23-,27-24-,28-25-,31-30-,37-35-/t56-/m1/s1. The van der Waals surface area contributed by atoms with Crippen LogP contribution in [0.2, 0.25) is 0 Å². The molecule has 0 aromatic rings. The Kier molecular flexibility index (Phi) is 50.4. The highest BCUT2D eigenvalue weighted by Gasteiger charge is 2.19. The van der Waals surface area contributed by atoms with Gasteiger partial charge in [-0.05, 0) is 116 Å². The summed E-state index contributed by atoms with van der Waals surface area (Å²) >= 11 is 0. The number of rotatable bonds is 48. The third-order valence-electron chi connectivity index (χ3n) is 11.3. The van der Waals surface area contributed by atoms with Crippen LogP contribution in [-0.4, -0.2) is 37.2 Å². The zero-order valence-electron chi connectivity index (χ0n) is 42.5. The van der Waals surface area contributed by atoms with E-state index in [0.29, 0.717) is 19.3 Å². The molecule has 0 amide bonds. The molecule has 0 aromatic carbocycles. The van der Waals surface area contributed by atoms with Gasteiger partial charge < -0.3 is 14.2 Å². The maximum Gasteiger partial charge on any atom is 0.306 e. The Morgan fingerprint density at radius 3 is 0.969 bits per heavy atom. The van der Waals surface area contributed by atoms with Crippen molar-refractivity contribution in [3.63, 3.8) is 0 Å². The number of esters is 3. The quantitative estimate of drug-likeness (QED) is 0.0262. The summed E-state index contributed by atoms with van der Waals surface area (Å²) in [6, 6.07) is 0. The van der Waals surface area contributed by atoms with Gasteiger partial charge in [0.1, 0.15) is 13.2 Å². The molecule has 0 aliphatic rings. The van der Waals surface area contributed by atoms with Gasteiger partial charge in [-0.3, -0.25) is 14.4 Å². The summed E-state index contributed by atoms with van der Waals surface area (Å²) in [6.45, 7) is 6.51. The van der Waals surface area contributed by atoms with Gasteiger partial charge in [-0.2, -0.15) is 0 Å². The molecule has 6 heteroatoms. The summed E-state index contributed by atoms with van der Waals surface area (Å²) in [5.41, 5.74) is 0. The second-order valence-corrected chi connectivity index (χ2v) is 17.8. The van der Waals surface area contributed by atoms with Gasteiger partial charge in [0.05, 0.1) is 0 Å². The van der Waals surface area contributed by atoms with Crippen LogP contribution in [0.25, 0.3) is 0 Å². The minimum Gasteiger partial charge on any atom is -0.462 e. The smallest absolute Gasteiger partial charge is 0.306 e. The second kappa shape index (κ2) is 53.2. The minimum absolute atomic E-state index is 0.0973. The molecule has 6 nitrogen and oxygen atoms in total. The van der Waals surface area contributed by atoms with E-state index in [1.165, 1.54) is 96.3 Å². The highest BCUT2D eigenvalue weighted by molar-refractivity contribution is 5.71.